The molecule has 1 amide bonds. The maximum Gasteiger partial charge on any atom is 0.222 e. The van der Waals surface area contributed by atoms with Gasteiger partial charge in [-0.2, -0.15) is 0 Å². The van der Waals surface area contributed by atoms with Gasteiger partial charge in [0.1, 0.15) is 0 Å². The molecular weight excluding hydrogens is 308 g/mol. The predicted octanol–water partition coefficient (Wildman–Crippen LogP) is 3.18. The monoisotopic (exact) mass is 332 g/mol. The molecule has 0 bridgehead atoms. The largest absolute Gasteiger partial charge is 0.392 e. The number of thiazole rings is 1. The second-order valence-electron chi connectivity index (χ2n) is 6.06. The van der Waals surface area contributed by atoms with Gasteiger partial charge >= 0.3 is 0 Å². The zero-order valence-corrected chi connectivity index (χ0v) is 14.7. The van der Waals surface area contributed by atoms with Crippen LogP contribution < -0.4 is 5.32 Å². The van der Waals surface area contributed by atoms with Gasteiger partial charge in [-0.3, -0.25) is 4.79 Å². The number of nitrogens with zero attached hydrogens (tertiary/aromatic N) is 1. The van der Waals surface area contributed by atoms with E-state index in [1.165, 1.54) is 5.56 Å². The average molecular weight is 332 g/mol. The highest BCUT2D eigenvalue weighted by Crippen LogP contribution is 2.21. The summed E-state index contributed by atoms with van der Waals surface area (Å²) >= 11 is 1.65. The molecule has 0 aliphatic rings. The summed E-state index contributed by atoms with van der Waals surface area (Å²) < 4.78 is 0. The molecule has 2 rings (SSSR count). The number of hydrogen-bond donors (Lipinski definition) is 2. The Bertz CT molecular complexity index is 635. The smallest absolute Gasteiger partial charge is 0.222 e. The Hall–Kier alpha value is -1.72. The van der Waals surface area contributed by atoms with Gasteiger partial charge in [-0.05, 0) is 24.8 Å². The first kappa shape index (κ1) is 17.6. The lowest BCUT2D eigenvalue weighted by molar-refractivity contribution is -0.123. The van der Waals surface area contributed by atoms with Crippen molar-refractivity contribution in [3.05, 3.63) is 40.2 Å². The van der Waals surface area contributed by atoms with E-state index in [9.17, 15) is 9.90 Å². The summed E-state index contributed by atoms with van der Waals surface area (Å²) in [7, 11) is 0. The molecule has 1 atom stereocenters. The Balaban J connectivity index is 1.79. The number of carbonyl (C=O) groups excluding carboxylic acids is 1. The van der Waals surface area contributed by atoms with Gasteiger partial charge in [0.2, 0.25) is 5.91 Å². The van der Waals surface area contributed by atoms with Crippen LogP contribution in [0.3, 0.4) is 0 Å². The van der Waals surface area contributed by atoms with E-state index in [-0.39, 0.29) is 18.2 Å². The number of carbonyl (C=O) groups is 1. The molecule has 2 aromatic rings. The number of hydrogen-bond acceptors (Lipinski definition) is 4. The molecule has 124 valence electrons. The fourth-order valence-electron chi connectivity index (χ4n) is 2.18. The Morgan fingerprint density at radius 1 is 1.30 bits per heavy atom. The predicted molar refractivity (Wildman–Crippen MR) is 94.5 cm³/mol. The second kappa shape index (κ2) is 8.22. The first-order valence-electron chi connectivity index (χ1n) is 7.92. The van der Waals surface area contributed by atoms with E-state index in [1.54, 1.807) is 11.3 Å². The summed E-state index contributed by atoms with van der Waals surface area (Å²) in [6, 6.07) is 8.26. The molecule has 0 aliphatic carbocycles. The van der Waals surface area contributed by atoms with Crippen molar-refractivity contribution in [1.29, 1.82) is 0 Å². The lowest BCUT2D eigenvalue weighted by Crippen LogP contribution is -2.30. The van der Waals surface area contributed by atoms with E-state index < -0.39 is 6.10 Å². The molecule has 1 aromatic carbocycles. The molecule has 0 radical (unpaired) electrons. The molecule has 0 saturated carbocycles. The Labute approximate surface area is 141 Å². The number of aliphatic hydroxyl groups is 1. The molecular formula is C18H24N2O2S. The van der Waals surface area contributed by atoms with Crippen molar-refractivity contribution in [3.63, 3.8) is 0 Å². The van der Waals surface area contributed by atoms with Gasteiger partial charge in [0.15, 0.2) is 0 Å². The Kier molecular flexibility index (Phi) is 6.30. The molecule has 1 aromatic heterocycles. The lowest BCUT2D eigenvalue weighted by atomic mass is 10.0. The molecule has 23 heavy (non-hydrogen) atoms. The highest BCUT2D eigenvalue weighted by Gasteiger charge is 2.13. The maximum atomic E-state index is 11.7. The lowest BCUT2D eigenvalue weighted by Gasteiger charge is -2.14. The van der Waals surface area contributed by atoms with Crippen molar-refractivity contribution in [2.45, 2.75) is 39.7 Å². The first-order chi connectivity index (χ1) is 11.0. The summed E-state index contributed by atoms with van der Waals surface area (Å²) in [5.74, 6) is 0.00316. The summed E-state index contributed by atoms with van der Waals surface area (Å²) in [6.45, 7) is 6.40. The van der Waals surface area contributed by atoms with Gasteiger partial charge < -0.3 is 10.4 Å². The highest BCUT2D eigenvalue weighted by molar-refractivity contribution is 7.09. The molecule has 0 fully saturated rings. The third kappa shape index (κ3) is 5.44. The first-order valence-corrected chi connectivity index (χ1v) is 8.80. The number of benzene rings is 1. The van der Waals surface area contributed by atoms with Crippen molar-refractivity contribution in [2.24, 2.45) is 5.92 Å². The van der Waals surface area contributed by atoms with Gasteiger partial charge in [0.05, 0.1) is 23.2 Å². The van der Waals surface area contributed by atoms with Gasteiger partial charge in [0, 0.05) is 17.5 Å². The minimum Gasteiger partial charge on any atom is -0.392 e. The van der Waals surface area contributed by atoms with Crippen LogP contribution in [0, 0.1) is 12.8 Å². The van der Waals surface area contributed by atoms with E-state index in [0.717, 1.165) is 22.7 Å². The van der Waals surface area contributed by atoms with Crippen molar-refractivity contribution >= 4 is 17.2 Å². The van der Waals surface area contributed by atoms with Gasteiger partial charge in [0.25, 0.3) is 0 Å². The highest BCUT2D eigenvalue weighted by atomic mass is 32.1. The summed E-state index contributed by atoms with van der Waals surface area (Å²) in [4.78, 5) is 16.2. The van der Waals surface area contributed by atoms with Crippen molar-refractivity contribution in [3.8, 4) is 11.3 Å². The van der Waals surface area contributed by atoms with E-state index in [1.807, 2.05) is 20.8 Å². The van der Waals surface area contributed by atoms with Crippen molar-refractivity contribution < 1.29 is 9.90 Å². The van der Waals surface area contributed by atoms with Crippen LogP contribution in [0.1, 0.15) is 30.8 Å². The van der Waals surface area contributed by atoms with Crippen LogP contribution in [-0.4, -0.2) is 28.6 Å². The number of amides is 1. The summed E-state index contributed by atoms with van der Waals surface area (Å²) in [6.07, 6.45) is 0.371. The molecule has 2 N–H and O–H groups in total. The number of aliphatic hydroxyl groups excluding tert-OH is 1. The topological polar surface area (TPSA) is 62.2 Å². The minimum absolute atomic E-state index is 0.0965. The summed E-state index contributed by atoms with van der Waals surface area (Å²) in [5.41, 5.74) is 3.29. The van der Waals surface area contributed by atoms with Crippen LogP contribution >= 0.6 is 11.3 Å². The van der Waals surface area contributed by atoms with Crippen molar-refractivity contribution in [2.75, 3.05) is 6.54 Å². The number of aryl methyl sites for hydroxylation is 1. The fourth-order valence-corrected chi connectivity index (χ4v) is 2.80. The average Bonchev–Trinajstić information content (AvgIpc) is 2.94. The van der Waals surface area contributed by atoms with E-state index >= 15 is 0 Å². The minimum atomic E-state index is -0.573. The number of nitrogens with one attached hydrogen (secondary N) is 1. The number of rotatable bonds is 7. The molecule has 0 saturated heterocycles. The molecule has 5 heteroatoms. The quantitative estimate of drug-likeness (QED) is 0.818. The van der Waals surface area contributed by atoms with Gasteiger partial charge in [-0.1, -0.05) is 38.1 Å². The fraction of sp³-hybridized carbons (Fsp3) is 0.444. The van der Waals surface area contributed by atoms with Crippen molar-refractivity contribution in [1.82, 2.24) is 10.3 Å². The van der Waals surface area contributed by atoms with Crippen LogP contribution in [0.2, 0.25) is 0 Å². The zero-order chi connectivity index (χ0) is 16.8. The number of aromatic nitrogens is 1. The van der Waals surface area contributed by atoms with Crippen LogP contribution in [0.15, 0.2) is 29.6 Å². The molecule has 4 nitrogen and oxygen atoms in total. The Morgan fingerprint density at radius 3 is 2.57 bits per heavy atom. The van der Waals surface area contributed by atoms with Crippen LogP contribution in [0.25, 0.3) is 11.3 Å². The molecule has 0 spiro atoms. The third-order valence-electron chi connectivity index (χ3n) is 3.77. The van der Waals surface area contributed by atoms with Gasteiger partial charge in [-0.15, -0.1) is 11.3 Å². The van der Waals surface area contributed by atoms with Crippen LogP contribution in [0.4, 0.5) is 0 Å². The maximum absolute atomic E-state index is 11.7. The van der Waals surface area contributed by atoms with E-state index in [0.29, 0.717) is 6.54 Å². The molecule has 0 aliphatic heterocycles. The zero-order valence-electron chi connectivity index (χ0n) is 13.9. The molecule has 1 heterocycles. The normalized spacial score (nSPS) is 12.4. The third-order valence-corrected chi connectivity index (χ3v) is 4.54. The second-order valence-corrected chi connectivity index (χ2v) is 7.13. The van der Waals surface area contributed by atoms with Crippen LogP contribution in [0.5, 0.6) is 0 Å². The molecule has 1 unspecified atom stereocenters. The van der Waals surface area contributed by atoms with Crippen LogP contribution in [-0.2, 0) is 11.2 Å². The van der Waals surface area contributed by atoms with E-state index in [2.05, 4.69) is 39.9 Å². The van der Waals surface area contributed by atoms with E-state index in [4.69, 9.17) is 0 Å². The Morgan fingerprint density at radius 2 is 2.00 bits per heavy atom. The standard InChI is InChI=1S/C18H24N2O2S/c1-12(2)17(21)10-18(22)19-9-8-14-4-6-15(7-5-14)16-11-23-13(3)20-16/h4-7,11-12,17,21H,8-10H2,1-3H3,(H,19,22). The SMILES string of the molecule is Cc1nc(-c2ccc(CCNC(=O)CC(O)C(C)C)cc2)cs1. The summed E-state index contributed by atoms with van der Waals surface area (Å²) in [5, 5.41) is 15.7. The van der Waals surface area contributed by atoms with Gasteiger partial charge in [-0.25, -0.2) is 4.98 Å².